The van der Waals surface area contributed by atoms with Crippen LogP contribution < -0.4 is 10.2 Å². The van der Waals surface area contributed by atoms with E-state index in [4.69, 9.17) is 39.5 Å². The van der Waals surface area contributed by atoms with Crippen LogP contribution in [0, 0.1) is 5.92 Å². The Bertz CT molecular complexity index is 793. The smallest absolute Gasteiger partial charge is 0.277 e. The van der Waals surface area contributed by atoms with Crippen LogP contribution in [0.5, 0.6) is 5.75 Å². The van der Waals surface area contributed by atoms with Crippen molar-refractivity contribution in [3.8, 4) is 5.75 Å². The topological polar surface area (TPSA) is 50.7 Å². The van der Waals surface area contributed by atoms with Crippen LogP contribution in [0.1, 0.15) is 25.8 Å². The minimum absolute atomic E-state index is 0.245. The lowest BCUT2D eigenvalue weighted by Crippen LogP contribution is -2.26. The van der Waals surface area contributed by atoms with Crippen LogP contribution >= 0.6 is 34.8 Å². The summed E-state index contributed by atoms with van der Waals surface area (Å²) in [6.45, 7) is 3.94. The van der Waals surface area contributed by atoms with E-state index in [2.05, 4.69) is 24.4 Å². The molecule has 2 aromatic rings. The molecular weight excluding hydrogens is 395 g/mol. The number of nitrogens with zero attached hydrogens (tertiary/aromatic N) is 1. The molecule has 1 N–H and O–H groups in total. The molecule has 4 nitrogen and oxygen atoms in total. The number of hydrogen-bond donors (Lipinski definition) is 1. The minimum Gasteiger partial charge on any atom is -0.482 e. The Morgan fingerprint density at radius 2 is 1.73 bits per heavy atom. The van der Waals surface area contributed by atoms with Gasteiger partial charge >= 0.3 is 0 Å². The van der Waals surface area contributed by atoms with Crippen molar-refractivity contribution in [2.45, 2.75) is 20.3 Å². The van der Waals surface area contributed by atoms with Gasteiger partial charge in [-0.1, -0.05) is 79.0 Å². The minimum atomic E-state index is -0.399. The molecule has 0 bridgehead atoms. The van der Waals surface area contributed by atoms with Gasteiger partial charge in [-0.3, -0.25) is 4.79 Å². The van der Waals surface area contributed by atoms with Crippen molar-refractivity contribution in [2.75, 3.05) is 6.61 Å². The third kappa shape index (κ3) is 6.20. The van der Waals surface area contributed by atoms with Gasteiger partial charge in [0, 0.05) is 6.07 Å². The molecule has 26 heavy (non-hydrogen) atoms. The van der Waals surface area contributed by atoms with Gasteiger partial charge in [-0.25, -0.2) is 5.43 Å². The summed E-state index contributed by atoms with van der Waals surface area (Å²) in [5, 5.41) is 5.15. The van der Waals surface area contributed by atoms with Gasteiger partial charge in [0.2, 0.25) is 0 Å². The van der Waals surface area contributed by atoms with Crippen LogP contribution in [0.15, 0.2) is 47.6 Å². The molecule has 0 aliphatic carbocycles. The predicted octanol–water partition coefficient (Wildman–Crippen LogP) is 5.59. The quantitative estimate of drug-likeness (QED) is 0.365. The maximum Gasteiger partial charge on any atom is 0.277 e. The fourth-order valence-electron chi connectivity index (χ4n) is 2.17. The molecule has 7 heteroatoms. The Hall–Kier alpha value is -1.75. The lowest BCUT2D eigenvalue weighted by molar-refractivity contribution is -0.123. The van der Waals surface area contributed by atoms with Gasteiger partial charge in [0.15, 0.2) is 6.61 Å². The number of hydrazone groups is 1. The van der Waals surface area contributed by atoms with Gasteiger partial charge in [-0.2, -0.15) is 5.10 Å². The Kier molecular flexibility index (Phi) is 7.76. The summed E-state index contributed by atoms with van der Waals surface area (Å²) in [4.78, 5) is 12.1. The van der Waals surface area contributed by atoms with E-state index in [0.29, 0.717) is 16.0 Å². The summed E-state index contributed by atoms with van der Waals surface area (Å²) in [5.41, 5.74) is 4.30. The number of hydrogen-bond acceptors (Lipinski definition) is 3. The van der Waals surface area contributed by atoms with E-state index in [9.17, 15) is 4.79 Å². The third-order valence-electron chi connectivity index (χ3n) is 3.36. The van der Waals surface area contributed by atoms with Gasteiger partial charge in [-0.05, 0) is 24.0 Å². The van der Waals surface area contributed by atoms with E-state index in [1.807, 2.05) is 30.3 Å². The summed E-state index contributed by atoms with van der Waals surface area (Å²) in [7, 11) is 0. The number of halogens is 3. The number of ether oxygens (including phenoxy) is 1. The molecule has 0 unspecified atom stereocenters. The van der Waals surface area contributed by atoms with E-state index >= 15 is 0 Å². The molecule has 2 rings (SSSR count). The van der Waals surface area contributed by atoms with Crippen molar-refractivity contribution >= 4 is 46.4 Å². The van der Waals surface area contributed by atoms with E-state index < -0.39 is 5.91 Å². The first-order valence-corrected chi connectivity index (χ1v) is 9.18. The predicted molar refractivity (Wildman–Crippen MR) is 108 cm³/mol. The summed E-state index contributed by atoms with van der Waals surface area (Å²) in [6.07, 6.45) is 0.740. The molecule has 0 saturated carbocycles. The van der Waals surface area contributed by atoms with E-state index in [1.165, 1.54) is 12.1 Å². The third-order valence-corrected chi connectivity index (χ3v) is 4.38. The first-order valence-electron chi connectivity index (χ1n) is 8.05. The average Bonchev–Trinajstić information content (AvgIpc) is 2.61. The molecule has 0 spiro atoms. The number of carbonyl (C=O) groups excluding carboxylic acids is 1. The average molecular weight is 414 g/mol. The molecule has 0 heterocycles. The molecule has 0 atom stereocenters. The van der Waals surface area contributed by atoms with Crippen molar-refractivity contribution < 1.29 is 9.53 Å². The maximum absolute atomic E-state index is 12.1. The molecule has 138 valence electrons. The first-order chi connectivity index (χ1) is 12.4. The van der Waals surface area contributed by atoms with Crippen LogP contribution in [0.25, 0.3) is 0 Å². The monoisotopic (exact) mass is 412 g/mol. The summed E-state index contributed by atoms with van der Waals surface area (Å²) in [5.74, 6) is 0.284. The van der Waals surface area contributed by atoms with Crippen LogP contribution in [0.3, 0.4) is 0 Å². The fraction of sp³-hybridized carbons (Fsp3) is 0.263. The zero-order chi connectivity index (χ0) is 19.1. The van der Waals surface area contributed by atoms with E-state index in [0.717, 1.165) is 17.7 Å². The van der Waals surface area contributed by atoms with Crippen molar-refractivity contribution in [3.05, 3.63) is 63.1 Å². The summed E-state index contributed by atoms with van der Waals surface area (Å²) in [6, 6.07) is 12.7. The summed E-state index contributed by atoms with van der Waals surface area (Å²) >= 11 is 17.8. The van der Waals surface area contributed by atoms with Crippen molar-refractivity contribution in [2.24, 2.45) is 11.0 Å². The fourth-order valence-corrected chi connectivity index (χ4v) is 2.76. The SMILES string of the molecule is CC(C)CC(=NNC(=O)COc1cc(Cl)c(Cl)cc1Cl)c1ccccc1. The van der Waals surface area contributed by atoms with Crippen molar-refractivity contribution in [1.82, 2.24) is 5.43 Å². The molecular formula is C19H19Cl3N2O2. The lowest BCUT2D eigenvalue weighted by atomic mass is 10.0. The normalized spacial score (nSPS) is 11.5. The molecule has 0 aromatic heterocycles. The second kappa shape index (κ2) is 9.81. The van der Waals surface area contributed by atoms with Gasteiger partial charge < -0.3 is 4.74 Å². The van der Waals surface area contributed by atoms with E-state index in [1.54, 1.807) is 0 Å². The van der Waals surface area contributed by atoms with Gasteiger partial charge in [-0.15, -0.1) is 0 Å². The highest BCUT2D eigenvalue weighted by Crippen LogP contribution is 2.33. The molecule has 1 amide bonds. The molecule has 0 radical (unpaired) electrons. The molecule has 0 aliphatic rings. The highest BCUT2D eigenvalue weighted by molar-refractivity contribution is 6.43. The lowest BCUT2D eigenvalue weighted by Gasteiger charge is -2.11. The van der Waals surface area contributed by atoms with Crippen LogP contribution in [0.4, 0.5) is 0 Å². The standard InChI is InChI=1S/C19H19Cl3N2O2/c1-12(2)8-17(13-6-4-3-5-7-13)23-24-19(25)11-26-18-10-15(21)14(20)9-16(18)22/h3-7,9-10,12H,8,11H2,1-2H3,(H,24,25). The van der Waals surface area contributed by atoms with Crippen LogP contribution in [0.2, 0.25) is 15.1 Å². The summed E-state index contributed by atoms with van der Waals surface area (Å²) < 4.78 is 5.40. The Balaban J connectivity index is 2.01. The highest BCUT2D eigenvalue weighted by Gasteiger charge is 2.11. The molecule has 0 saturated heterocycles. The highest BCUT2D eigenvalue weighted by atomic mass is 35.5. The molecule has 2 aromatic carbocycles. The number of benzene rings is 2. The zero-order valence-electron chi connectivity index (χ0n) is 14.4. The Morgan fingerprint density at radius 3 is 2.38 bits per heavy atom. The van der Waals surface area contributed by atoms with Gasteiger partial charge in [0.25, 0.3) is 5.91 Å². The molecule has 0 aliphatic heterocycles. The molecule has 0 fully saturated rings. The Labute approximate surface area is 168 Å². The second-order valence-corrected chi connectivity index (χ2v) is 7.26. The number of nitrogens with one attached hydrogen (secondary N) is 1. The zero-order valence-corrected chi connectivity index (χ0v) is 16.7. The van der Waals surface area contributed by atoms with Crippen molar-refractivity contribution in [3.63, 3.8) is 0 Å². The Morgan fingerprint density at radius 1 is 1.08 bits per heavy atom. The largest absolute Gasteiger partial charge is 0.482 e. The van der Waals surface area contributed by atoms with Crippen LogP contribution in [-0.4, -0.2) is 18.2 Å². The van der Waals surface area contributed by atoms with Crippen molar-refractivity contribution in [1.29, 1.82) is 0 Å². The van der Waals surface area contributed by atoms with Gasteiger partial charge in [0.05, 0.1) is 20.8 Å². The van der Waals surface area contributed by atoms with Gasteiger partial charge in [0.1, 0.15) is 5.75 Å². The number of carbonyl (C=O) groups is 1. The maximum atomic E-state index is 12.1. The van der Waals surface area contributed by atoms with Crippen LogP contribution in [-0.2, 0) is 4.79 Å². The number of amides is 1. The second-order valence-electron chi connectivity index (χ2n) is 6.04. The first kappa shape index (κ1) is 20.6. The van der Waals surface area contributed by atoms with E-state index in [-0.39, 0.29) is 17.4 Å². The number of rotatable bonds is 7.